The second kappa shape index (κ2) is 6.88. The zero-order valence-electron chi connectivity index (χ0n) is 13.9. The van der Waals surface area contributed by atoms with Crippen molar-refractivity contribution in [2.75, 3.05) is 39.3 Å². The summed E-state index contributed by atoms with van der Waals surface area (Å²) in [4.78, 5) is 2.21. The molecule has 1 aromatic heterocycles. The first-order valence-corrected chi connectivity index (χ1v) is 9.74. The van der Waals surface area contributed by atoms with E-state index in [0.717, 1.165) is 37.4 Å². The van der Waals surface area contributed by atoms with E-state index in [1.807, 2.05) is 13.0 Å². The first-order chi connectivity index (χ1) is 10.9. The Hall–Kier alpha value is -0.960. The van der Waals surface area contributed by atoms with Gasteiger partial charge in [-0.1, -0.05) is 12.1 Å². The van der Waals surface area contributed by atoms with E-state index in [2.05, 4.69) is 17.0 Å². The Balaban J connectivity index is 1.53. The van der Waals surface area contributed by atoms with Crippen LogP contribution in [-0.2, 0) is 16.8 Å². The van der Waals surface area contributed by atoms with Gasteiger partial charge >= 0.3 is 0 Å². The fourth-order valence-corrected chi connectivity index (χ4v) is 4.83. The predicted molar refractivity (Wildman–Crippen MR) is 87.0 cm³/mol. The van der Waals surface area contributed by atoms with Crippen LogP contribution in [0.1, 0.15) is 31.2 Å². The highest BCUT2D eigenvalue weighted by Crippen LogP contribution is 2.22. The molecule has 0 unspecified atom stereocenters. The maximum Gasteiger partial charge on any atom is 0.282 e. The third kappa shape index (κ3) is 3.93. The summed E-state index contributed by atoms with van der Waals surface area (Å²) in [6.07, 6.45) is 1.92. The Morgan fingerprint density at radius 1 is 1.13 bits per heavy atom. The number of hydrogen-bond acceptors (Lipinski definition) is 5. The van der Waals surface area contributed by atoms with Crippen LogP contribution in [0.5, 0.6) is 0 Å². The molecule has 0 saturated carbocycles. The van der Waals surface area contributed by atoms with Gasteiger partial charge in [0, 0.05) is 45.3 Å². The van der Waals surface area contributed by atoms with Gasteiger partial charge in [-0.2, -0.15) is 17.0 Å². The minimum absolute atomic E-state index is 0.543. The zero-order chi connectivity index (χ0) is 16.4. The van der Waals surface area contributed by atoms with E-state index in [-0.39, 0.29) is 0 Å². The fourth-order valence-electron chi connectivity index (χ4n) is 3.21. The molecule has 2 fully saturated rings. The lowest BCUT2D eigenvalue weighted by molar-refractivity contribution is 0.157. The topological polar surface area (TPSA) is 69.9 Å². The summed E-state index contributed by atoms with van der Waals surface area (Å²) in [7, 11) is -3.30. The van der Waals surface area contributed by atoms with Crippen LogP contribution in [-0.4, -0.2) is 66.4 Å². The van der Waals surface area contributed by atoms with Crippen molar-refractivity contribution in [2.24, 2.45) is 5.92 Å². The number of aromatic nitrogens is 1. The van der Waals surface area contributed by atoms with E-state index >= 15 is 0 Å². The highest BCUT2D eigenvalue weighted by molar-refractivity contribution is 7.86. The molecule has 0 atom stereocenters. The van der Waals surface area contributed by atoms with Gasteiger partial charge in [0.15, 0.2) is 5.76 Å². The molecule has 3 heterocycles. The van der Waals surface area contributed by atoms with E-state index < -0.39 is 10.2 Å². The van der Waals surface area contributed by atoms with Crippen molar-refractivity contribution in [1.29, 1.82) is 0 Å². The fraction of sp³-hybridized carbons (Fsp3) is 0.800. The van der Waals surface area contributed by atoms with Crippen LogP contribution in [0.3, 0.4) is 0 Å². The van der Waals surface area contributed by atoms with Crippen LogP contribution in [0.2, 0.25) is 0 Å². The Kier molecular flexibility index (Phi) is 5.05. The van der Waals surface area contributed by atoms with E-state index in [9.17, 15) is 8.42 Å². The van der Waals surface area contributed by atoms with Gasteiger partial charge in [-0.3, -0.25) is 4.90 Å². The Labute approximate surface area is 138 Å². The summed E-state index contributed by atoms with van der Waals surface area (Å²) in [5, 5.41) is 3.89. The molecule has 2 aliphatic rings. The smallest absolute Gasteiger partial charge is 0.282 e. The van der Waals surface area contributed by atoms with Crippen LogP contribution >= 0.6 is 0 Å². The third-order valence-electron chi connectivity index (χ3n) is 4.78. The second-order valence-corrected chi connectivity index (χ2v) is 8.63. The minimum atomic E-state index is -3.30. The average molecular weight is 342 g/mol. The van der Waals surface area contributed by atoms with Crippen molar-refractivity contribution in [3.63, 3.8) is 0 Å². The molecule has 8 heteroatoms. The predicted octanol–water partition coefficient (Wildman–Crippen LogP) is 1.08. The molecule has 130 valence electrons. The highest BCUT2D eigenvalue weighted by Gasteiger charge is 2.34. The van der Waals surface area contributed by atoms with E-state index in [4.69, 9.17) is 4.52 Å². The van der Waals surface area contributed by atoms with Crippen LogP contribution in [0.4, 0.5) is 0 Å². The van der Waals surface area contributed by atoms with Crippen LogP contribution < -0.4 is 0 Å². The van der Waals surface area contributed by atoms with Gasteiger partial charge in [-0.15, -0.1) is 0 Å². The maximum absolute atomic E-state index is 12.7. The average Bonchev–Trinajstić information content (AvgIpc) is 2.93. The van der Waals surface area contributed by atoms with E-state index in [0.29, 0.717) is 38.6 Å². The van der Waals surface area contributed by atoms with Crippen molar-refractivity contribution in [1.82, 2.24) is 18.7 Å². The standard InChI is InChI=1S/C15H26N4O3S/c1-13-3-5-18(6-4-13)23(20,21)19-9-7-17(8-10-19)12-15-11-14(2)16-22-15/h11,13H,3-10,12H2,1-2H3. The molecule has 23 heavy (non-hydrogen) atoms. The Morgan fingerprint density at radius 3 is 2.30 bits per heavy atom. The highest BCUT2D eigenvalue weighted by atomic mass is 32.2. The lowest BCUT2D eigenvalue weighted by Gasteiger charge is -2.38. The molecular weight excluding hydrogens is 316 g/mol. The molecule has 3 rings (SSSR count). The van der Waals surface area contributed by atoms with Gasteiger partial charge in [0.2, 0.25) is 0 Å². The van der Waals surface area contributed by atoms with Gasteiger partial charge in [0.1, 0.15) is 0 Å². The molecule has 2 aliphatic heterocycles. The molecule has 0 N–H and O–H groups in total. The molecule has 2 saturated heterocycles. The minimum Gasteiger partial charge on any atom is -0.360 e. The third-order valence-corrected chi connectivity index (χ3v) is 6.82. The van der Waals surface area contributed by atoms with Crippen molar-refractivity contribution in [2.45, 2.75) is 33.2 Å². The number of hydrogen-bond donors (Lipinski definition) is 0. The van der Waals surface area contributed by atoms with E-state index in [1.165, 1.54) is 0 Å². The largest absolute Gasteiger partial charge is 0.360 e. The SMILES string of the molecule is Cc1cc(CN2CCN(S(=O)(=O)N3CCC(C)CC3)CC2)on1. The molecular formula is C15H26N4O3S. The summed E-state index contributed by atoms with van der Waals surface area (Å²) in [6, 6.07) is 1.93. The zero-order valence-corrected chi connectivity index (χ0v) is 14.8. The van der Waals surface area contributed by atoms with Crippen LogP contribution in [0.25, 0.3) is 0 Å². The molecule has 0 aromatic carbocycles. The molecule has 7 nitrogen and oxygen atoms in total. The number of rotatable bonds is 4. The van der Waals surface area contributed by atoms with Gasteiger partial charge < -0.3 is 4.52 Å². The summed E-state index contributed by atoms with van der Waals surface area (Å²) >= 11 is 0. The van der Waals surface area contributed by atoms with Gasteiger partial charge in [-0.25, -0.2) is 0 Å². The van der Waals surface area contributed by atoms with Crippen molar-refractivity contribution < 1.29 is 12.9 Å². The second-order valence-electron chi connectivity index (χ2n) is 6.70. The van der Waals surface area contributed by atoms with Gasteiger partial charge in [0.25, 0.3) is 10.2 Å². The summed E-state index contributed by atoms with van der Waals surface area (Å²) in [6.45, 7) is 8.62. The number of piperazine rings is 1. The van der Waals surface area contributed by atoms with Crippen LogP contribution in [0.15, 0.2) is 10.6 Å². The summed E-state index contributed by atoms with van der Waals surface area (Å²) in [5.41, 5.74) is 0.876. The quantitative estimate of drug-likeness (QED) is 0.819. The monoisotopic (exact) mass is 342 g/mol. The summed E-state index contributed by atoms with van der Waals surface area (Å²) < 4.78 is 34.0. The lowest BCUT2D eigenvalue weighted by atomic mass is 10.0. The molecule has 1 aromatic rings. The maximum atomic E-state index is 12.7. The first kappa shape index (κ1) is 16.9. The molecule has 0 bridgehead atoms. The van der Waals surface area contributed by atoms with Crippen molar-refractivity contribution in [3.05, 3.63) is 17.5 Å². The number of piperidine rings is 1. The molecule has 0 aliphatic carbocycles. The molecule has 0 spiro atoms. The van der Waals surface area contributed by atoms with Gasteiger partial charge in [-0.05, 0) is 25.7 Å². The Morgan fingerprint density at radius 2 is 1.74 bits per heavy atom. The van der Waals surface area contributed by atoms with Crippen LogP contribution in [0, 0.1) is 12.8 Å². The first-order valence-electron chi connectivity index (χ1n) is 8.35. The van der Waals surface area contributed by atoms with E-state index in [1.54, 1.807) is 8.61 Å². The molecule has 0 radical (unpaired) electrons. The summed E-state index contributed by atoms with van der Waals surface area (Å²) in [5.74, 6) is 1.47. The lowest BCUT2D eigenvalue weighted by Crippen LogP contribution is -2.53. The number of nitrogens with zero attached hydrogens (tertiary/aromatic N) is 4. The van der Waals surface area contributed by atoms with Crippen molar-refractivity contribution in [3.8, 4) is 0 Å². The van der Waals surface area contributed by atoms with Gasteiger partial charge in [0.05, 0.1) is 12.2 Å². The molecule has 0 amide bonds. The normalized spacial score (nSPS) is 23.4. The number of aryl methyl sites for hydroxylation is 1. The Bertz CT molecular complexity index is 614. The van der Waals surface area contributed by atoms with Crippen molar-refractivity contribution >= 4 is 10.2 Å².